The molecule has 5 heteroatoms. The maximum atomic E-state index is 13.8. The van der Waals surface area contributed by atoms with Crippen molar-refractivity contribution in [2.45, 2.75) is 76.2 Å². The average molecular weight is 399 g/mol. The summed E-state index contributed by atoms with van der Waals surface area (Å²) >= 11 is 0. The second-order valence-corrected chi connectivity index (χ2v) is 9.43. The van der Waals surface area contributed by atoms with E-state index in [1.807, 2.05) is 24.0 Å². The Balaban J connectivity index is 1.51. The van der Waals surface area contributed by atoms with Crippen molar-refractivity contribution in [2.75, 3.05) is 20.2 Å². The van der Waals surface area contributed by atoms with Crippen LogP contribution in [0.2, 0.25) is 0 Å². The molecule has 0 bridgehead atoms. The maximum absolute atomic E-state index is 13.8. The normalized spacial score (nSPS) is 24.3. The van der Waals surface area contributed by atoms with Gasteiger partial charge in [-0.2, -0.15) is 0 Å². The van der Waals surface area contributed by atoms with Crippen molar-refractivity contribution in [3.8, 4) is 5.75 Å². The summed E-state index contributed by atoms with van der Waals surface area (Å²) in [5.74, 6) is 1.19. The third-order valence-electron chi connectivity index (χ3n) is 7.37. The van der Waals surface area contributed by atoms with E-state index < -0.39 is 5.41 Å². The number of nitrogens with zero attached hydrogens (tertiary/aromatic N) is 1. The number of ether oxygens (including phenoxy) is 1. The Kier molecular flexibility index (Phi) is 5.58. The topological polar surface area (TPSA) is 58.6 Å². The number of methoxy groups -OCH3 is 1. The van der Waals surface area contributed by atoms with Crippen molar-refractivity contribution in [2.24, 2.45) is 5.41 Å². The molecule has 3 fully saturated rings. The Morgan fingerprint density at radius 3 is 2.48 bits per heavy atom. The minimum Gasteiger partial charge on any atom is -0.497 e. The molecule has 5 nitrogen and oxygen atoms in total. The molecule has 1 heterocycles. The maximum Gasteiger partial charge on any atom is 0.233 e. The first-order valence-corrected chi connectivity index (χ1v) is 11.2. The molecule has 1 atom stereocenters. The molecule has 2 aliphatic carbocycles. The predicted molar refractivity (Wildman–Crippen MR) is 113 cm³/mol. The molecule has 1 aromatic rings. The lowest BCUT2D eigenvalue weighted by Crippen LogP contribution is -2.63. The van der Waals surface area contributed by atoms with Crippen LogP contribution in [0.3, 0.4) is 0 Å². The van der Waals surface area contributed by atoms with Gasteiger partial charge in [-0.1, -0.05) is 25.5 Å². The van der Waals surface area contributed by atoms with Gasteiger partial charge in [-0.25, -0.2) is 0 Å². The first kappa shape index (κ1) is 20.2. The van der Waals surface area contributed by atoms with Gasteiger partial charge in [-0.3, -0.25) is 9.59 Å². The second kappa shape index (κ2) is 8.00. The quantitative estimate of drug-likeness (QED) is 0.793. The number of hydrogen-bond donors (Lipinski definition) is 1. The summed E-state index contributed by atoms with van der Waals surface area (Å²) in [6.07, 6.45) is 9.06. The molecule has 0 unspecified atom stereocenters. The summed E-state index contributed by atoms with van der Waals surface area (Å²) < 4.78 is 5.32. The van der Waals surface area contributed by atoms with Crippen molar-refractivity contribution >= 4 is 11.8 Å². The zero-order valence-corrected chi connectivity index (χ0v) is 17.8. The second-order valence-electron chi connectivity index (χ2n) is 9.43. The molecule has 1 N–H and O–H groups in total. The molecule has 1 aliphatic heterocycles. The van der Waals surface area contributed by atoms with Gasteiger partial charge in [0, 0.05) is 25.6 Å². The van der Waals surface area contributed by atoms with Crippen molar-refractivity contribution in [1.82, 2.24) is 10.2 Å². The van der Waals surface area contributed by atoms with E-state index in [9.17, 15) is 9.59 Å². The van der Waals surface area contributed by atoms with Crippen LogP contribution in [0.5, 0.6) is 5.75 Å². The fourth-order valence-electron chi connectivity index (χ4n) is 5.76. The van der Waals surface area contributed by atoms with Crippen LogP contribution in [0.4, 0.5) is 0 Å². The van der Waals surface area contributed by atoms with Crippen molar-refractivity contribution < 1.29 is 14.3 Å². The zero-order valence-electron chi connectivity index (χ0n) is 17.8. The molecule has 2 amide bonds. The number of hydrogen-bond acceptors (Lipinski definition) is 3. The number of carbonyl (C=O) groups excluding carboxylic acids is 2. The molecule has 0 aromatic heterocycles. The predicted octanol–water partition coefficient (Wildman–Crippen LogP) is 3.80. The van der Waals surface area contributed by atoms with Gasteiger partial charge in [0.05, 0.1) is 12.5 Å². The van der Waals surface area contributed by atoms with Crippen LogP contribution < -0.4 is 10.1 Å². The third kappa shape index (κ3) is 3.76. The van der Waals surface area contributed by atoms with Gasteiger partial charge in [0.2, 0.25) is 11.8 Å². The third-order valence-corrected chi connectivity index (χ3v) is 7.37. The first-order chi connectivity index (χ1) is 14.0. The Morgan fingerprint density at radius 2 is 1.90 bits per heavy atom. The SMILES string of the molecule is CCCC(=O)N[C@@H]1CCCN(C(=O)C2(c3ccc(OC)cc3)CC3(CCC3)C2)C1. The summed E-state index contributed by atoms with van der Waals surface area (Å²) in [6, 6.07) is 8.18. The highest BCUT2D eigenvalue weighted by Gasteiger charge is 2.62. The summed E-state index contributed by atoms with van der Waals surface area (Å²) in [7, 11) is 1.67. The van der Waals surface area contributed by atoms with E-state index in [-0.39, 0.29) is 17.9 Å². The summed E-state index contributed by atoms with van der Waals surface area (Å²) in [4.78, 5) is 27.9. The smallest absolute Gasteiger partial charge is 0.233 e. The minimum absolute atomic E-state index is 0.0809. The molecule has 2 saturated carbocycles. The van der Waals surface area contributed by atoms with Crippen molar-refractivity contribution in [3.63, 3.8) is 0 Å². The molecule has 1 aromatic carbocycles. The van der Waals surface area contributed by atoms with Gasteiger partial charge in [-0.05, 0) is 68.1 Å². The van der Waals surface area contributed by atoms with Crippen LogP contribution >= 0.6 is 0 Å². The van der Waals surface area contributed by atoms with Crippen LogP contribution in [0, 0.1) is 5.41 Å². The van der Waals surface area contributed by atoms with E-state index in [1.165, 1.54) is 19.3 Å². The summed E-state index contributed by atoms with van der Waals surface area (Å²) in [5, 5.41) is 3.14. The fourth-order valence-corrected chi connectivity index (χ4v) is 5.76. The minimum atomic E-state index is -0.401. The summed E-state index contributed by atoms with van der Waals surface area (Å²) in [6.45, 7) is 3.45. The van der Waals surface area contributed by atoms with Gasteiger partial charge in [0.25, 0.3) is 0 Å². The molecule has 4 rings (SSSR count). The Labute approximate surface area is 174 Å². The Morgan fingerprint density at radius 1 is 1.17 bits per heavy atom. The van der Waals surface area contributed by atoms with E-state index in [1.54, 1.807) is 7.11 Å². The number of benzene rings is 1. The number of rotatable bonds is 6. The van der Waals surface area contributed by atoms with Gasteiger partial charge in [0.1, 0.15) is 5.75 Å². The lowest BCUT2D eigenvalue weighted by molar-refractivity contribution is -0.155. The van der Waals surface area contributed by atoms with Crippen LogP contribution in [0.1, 0.15) is 70.3 Å². The van der Waals surface area contributed by atoms with Crippen molar-refractivity contribution in [3.05, 3.63) is 29.8 Å². The van der Waals surface area contributed by atoms with E-state index in [0.717, 1.165) is 50.0 Å². The molecule has 1 spiro atoms. The molecular weight excluding hydrogens is 364 g/mol. The number of carbonyl (C=O) groups is 2. The lowest BCUT2D eigenvalue weighted by Gasteiger charge is -2.61. The highest BCUT2D eigenvalue weighted by molar-refractivity contribution is 5.90. The molecule has 0 radical (unpaired) electrons. The van der Waals surface area contributed by atoms with Gasteiger partial charge in [-0.15, -0.1) is 0 Å². The van der Waals surface area contributed by atoms with E-state index in [0.29, 0.717) is 18.4 Å². The van der Waals surface area contributed by atoms with Crippen LogP contribution in [-0.2, 0) is 15.0 Å². The summed E-state index contributed by atoms with van der Waals surface area (Å²) in [5.41, 5.74) is 1.11. The zero-order chi connectivity index (χ0) is 20.5. The van der Waals surface area contributed by atoms with Crippen molar-refractivity contribution in [1.29, 1.82) is 0 Å². The van der Waals surface area contributed by atoms with E-state index in [2.05, 4.69) is 17.4 Å². The van der Waals surface area contributed by atoms with Gasteiger partial charge >= 0.3 is 0 Å². The monoisotopic (exact) mass is 398 g/mol. The number of likely N-dealkylation sites (tertiary alicyclic amines) is 1. The number of piperidine rings is 1. The molecule has 3 aliphatic rings. The number of amides is 2. The highest BCUT2D eigenvalue weighted by atomic mass is 16.5. The van der Waals surface area contributed by atoms with Crippen LogP contribution in [0.15, 0.2) is 24.3 Å². The molecular formula is C24H34N2O3. The Bertz CT molecular complexity index is 746. The van der Waals surface area contributed by atoms with E-state index in [4.69, 9.17) is 4.74 Å². The van der Waals surface area contributed by atoms with Crippen LogP contribution in [-0.4, -0.2) is 43.0 Å². The standard InChI is InChI=1S/C24H34N2O3/c1-3-6-21(27)25-19-7-4-14-26(15-19)22(28)24(16-23(17-24)12-5-13-23)18-8-10-20(29-2)11-9-18/h8-11,19H,3-7,12-17H2,1-2H3,(H,25,27)/t19-/m1/s1. The molecule has 29 heavy (non-hydrogen) atoms. The van der Waals surface area contributed by atoms with Gasteiger partial charge in [0.15, 0.2) is 0 Å². The molecule has 1 saturated heterocycles. The van der Waals surface area contributed by atoms with E-state index >= 15 is 0 Å². The van der Waals surface area contributed by atoms with Gasteiger partial charge < -0.3 is 15.0 Å². The average Bonchev–Trinajstić information content (AvgIpc) is 2.67. The largest absolute Gasteiger partial charge is 0.497 e. The number of nitrogens with one attached hydrogen (secondary N) is 1. The Hall–Kier alpha value is -2.04. The first-order valence-electron chi connectivity index (χ1n) is 11.2. The fraction of sp³-hybridized carbons (Fsp3) is 0.667. The molecule has 158 valence electrons. The lowest BCUT2D eigenvalue weighted by atomic mass is 9.43. The highest BCUT2D eigenvalue weighted by Crippen LogP contribution is 2.65. The van der Waals surface area contributed by atoms with Crippen LogP contribution in [0.25, 0.3) is 0 Å².